The smallest absolute Gasteiger partial charge is 0.230 e. The lowest BCUT2D eigenvalue weighted by molar-refractivity contribution is -0.115. The molecule has 0 fully saturated rings. The van der Waals surface area contributed by atoms with E-state index in [1.807, 2.05) is 55.5 Å². The summed E-state index contributed by atoms with van der Waals surface area (Å²) >= 11 is 3.41. The third-order valence-electron chi connectivity index (χ3n) is 3.42. The molecule has 2 aromatic carbocycles. The zero-order chi connectivity index (χ0) is 16.2. The van der Waals surface area contributed by atoms with E-state index in [9.17, 15) is 4.79 Å². The molecule has 0 saturated heterocycles. The average molecular weight is 371 g/mol. The number of aromatic nitrogens is 1. The molecule has 0 spiro atoms. The first-order valence-electron chi connectivity index (χ1n) is 7.19. The molecule has 1 heterocycles. The summed E-state index contributed by atoms with van der Waals surface area (Å²) in [6, 6.07) is 17.2. The predicted octanol–water partition coefficient (Wildman–Crippen LogP) is 4.59. The molecule has 0 saturated carbocycles. The van der Waals surface area contributed by atoms with Crippen LogP contribution >= 0.6 is 15.9 Å². The highest BCUT2D eigenvalue weighted by Crippen LogP contribution is 2.22. The van der Waals surface area contributed by atoms with Crippen molar-refractivity contribution in [3.8, 4) is 11.3 Å². The van der Waals surface area contributed by atoms with E-state index in [4.69, 9.17) is 4.52 Å². The van der Waals surface area contributed by atoms with E-state index in [1.165, 1.54) is 0 Å². The SMILES string of the molecule is Cc1cc(Br)ccc1NC(=O)Cc1cc(-c2ccccc2)on1. The van der Waals surface area contributed by atoms with Crippen LogP contribution in [0.25, 0.3) is 11.3 Å². The minimum Gasteiger partial charge on any atom is -0.356 e. The molecule has 0 aliphatic rings. The minimum absolute atomic E-state index is 0.122. The van der Waals surface area contributed by atoms with Gasteiger partial charge in [0.1, 0.15) is 0 Å². The largest absolute Gasteiger partial charge is 0.356 e. The van der Waals surface area contributed by atoms with Crippen molar-refractivity contribution in [1.82, 2.24) is 5.16 Å². The first-order valence-corrected chi connectivity index (χ1v) is 7.98. The van der Waals surface area contributed by atoms with Crippen LogP contribution in [0.5, 0.6) is 0 Å². The Morgan fingerprint density at radius 3 is 2.70 bits per heavy atom. The normalized spacial score (nSPS) is 10.5. The highest BCUT2D eigenvalue weighted by atomic mass is 79.9. The van der Waals surface area contributed by atoms with Crippen molar-refractivity contribution in [2.24, 2.45) is 0 Å². The van der Waals surface area contributed by atoms with Crippen LogP contribution in [0.4, 0.5) is 5.69 Å². The molecule has 116 valence electrons. The quantitative estimate of drug-likeness (QED) is 0.730. The van der Waals surface area contributed by atoms with Crippen molar-refractivity contribution in [3.05, 3.63) is 70.3 Å². The molecule has 3 rings (SSSR count). The number of aryl methyl sites for hydroxylation is 1. The Kier molecular flexibility index (Phi) is 4.57. The van der Waals surface area contributed by atoms with Gasteiger partial charge in [0.2, 0.25) is 5.91 Å². The van der Waals surface area contributed by atoms with Crippen molar-refractivity contribution in [1.29, 1.82) is 0 Å². The van der Waals surface area contributed by atoms with Gasteiger partial charge in [0.15, 0.2) is 5.76 Å². The van der Waals surface area contributed by atoms with Crippen molar-refractivity contribution < 1.29 is 9.32 Å². The van der Waals surface area contributed by atoms with E-state index >= 15 is 0 Å². The lowest BCUT2D eigenvalue weighted by atomic mass is 10.1. The van der Waals surface area contributed by atoms with E-state index in [-0.39, 0.29) is 12.3 Å². The standard InChI is InChI=1S/C18H15BrN2O2/c1-12-9-14(19)7-8-16(12)20-18(22)11-15-10-17(23-21-15)13-5-3-2-4-6-13/h2-10H,11H2,1H3,(H,20,22). The Morgan fingerprint density at radius 2 is 1.96 bits per heavy atom. The minimum atomic E-state index is -0.122. The molecule has 0 atom stereocenters. The summed E-state index contributed by atoms with van der Waals surface area (Å²) in [5.41, 5.74) is 3.34. The zero-order valence-corrected chi connectivity index (χ0v) is 14.1. The fourth-order valence-electron chi connectivity index (χ4n) is 2.26. The fourth-order valence-corrected chi connectivity index (χ4v) is 2.74. The summed E-state index contributed by atoms with van der Waals surface area (Å²) in [6.07, 6.45) is 0.172. The first-order chi connectivity index (χ1) is 11.1. The number of halogens is 1. The summed E-state index contributed by atoms with van der Waals surface area (Å²) in [7, 11) is 0. The Labute approximate surface area is 142 Å². The summed E-state index contributed by atoms with van der Waals surface area (Å²) in [6.45, 7) is 1.95. The van der Waals surface area contributed by atoms with Crippen molar-refractivity contribution in [2.45, 2.75) is 13.3 Å². The van der Waals surface area contributed by atoms with Gasteiger partial charge in [-0.05, 0) is 30.7 Å². The predicted molar refractivity (Wildman–Crippen MR) is 93.2 cm³/mol. The molecule has 0 bridgehead atoms. The third-order valence-corrected chi connectivity index (χ3v) is 3.91. The van der Waals surface area contributed by atoms with Crippen LogP contribution < -0.4 is 5.32 Å². The summed E-state index contributed by atoms with van der Waals surface area (Å²) < 4.78 is 6.29. The highest BCUT2D eigenvalue weighted by Gasteiger charge is 2.11. The highest BCUT2D eigenvalue weighted by molar-refractivity contribution is 9.10. The zero-order valence-electron chi connectivity index (χ0n) is 12.5. The maximum absolute atomic E-state index is 12.2. The lowest BCUT2D eigenvalue weighted by Gasteiger charge is -2.07. The molecule has 23 heavy (non-hydrogen) atoms. The number of hydrogen-bond acceptors (Lipinski definition) is 3. The number of benzene rings is 2. The number of rotatable bonds is 4. The topological polar surface area (TPSA) is 55.1 Å². The summed E-state index contributed by atoms with van der Waals surface area (Å²) in [5.74, 6) is 0.538. The Bertz CT molecular complexity index is 828. The second-order valence-electron chi connectivity index (χ2n) is 5.23. The van der Waals surface area contributed by atoms with Crippen LogP contribution in [-0.4, -0.2) is 11.1 Å². The molecule has 5 heteroatoms. The number of hydrogen-bond donors (Lipinski definition) is 1. The van der Waals surface area contributed by atoms with Gasteiger partial charge < -0.3 is 9.84 Å². The van der Waals surface area contributed by atoms with Crippen LogP contribution in [-0.2, 0) is 11.2 Å². The molecule has 4 nitrogen and oxygen atoms in total. The number of carbonyl (C=O) groups excluding carboxylic acids is 1. The van der Waals surface area contributed by atoms with E-state index in [0.29, 0.717) is 11.5 Å². The molecule has 1 N–H and O–H groups in total. The first kappa shape index (κ1) is 15.5. The van der Waals surface area contributed by atoms with Gasteiger partial charge >= 0.3 is 0 Å². The van der Waals surface area contributed by atoms with Crippen LogP contribution in [0.15, 0.2) is 63.6 Å². The van der Waals surface area contributed by atoms with E-state index in [1.54, 1.807) is 6.07 Å². The van der Waals surface area contributed by atoms with E-state index in [2.05, 4.69) is 26.4 Å². The molecule has 0 radical (unpaired) electrons. The summed E-state index contributed by atoms with van der Waals surface area (Å²) in [5, 5.41) is 6.86. The molecule has 1 amide bonds. The van der Waals surface area contributed by atoms with Crippen molar-refractivity contribution in [3.63, 3.8) is 0 Å². The van der Waals surface area contributed by atoms with E-state index < -0.39 is 0 Å². The van der Waals surface area contributed by atoms with Crippen molar-refractivity contribution >= 4 is 27.5 Å². The molecule has 0 unspecified atom stereocenters. The number of carbonyl (C=O) groups is 1. The molecular formula is C18H15BrN2O2. The second kappa shape index (κ2) is 6.79. The summed E-state index contributed by atoms with van der Waals surface area (Å²) in [4.78, 5) is 12.2. The van der Waals surface area contributed by atoms with Gasteiger partial charge in [-0.2, -0.15) is 0 Å². The molecule has 0 aliphatic carbocycles. The number of amides is 1. The van der Waals surface area contributed by atoms with E-state index in [0.717, 1.165) is 21.3 Å². The second-order valence-corrected chi connectivity index (χ2v) is 6.15. The maximum Gasteiger partial charge on any atom is 0.230 e. The molecule has 1 aromatic heterocycles. The van der Waals surface area contributed by atoms with Gasteiger partial charge in [-0.25, -0.2) is 0 Å². The van der Waals surface area contributed by atoms with Crippen molar-refractivity contribution in [2.75, 3.05) is 5.32 Å². The van der Waals surface area contributed by atoms with Gasteiger partial charge in [0.05, 0.1) is 12.1 Å². The third kappa shape index (κ3) is 3.87. The molecular weight excluding hydrogens is 356 g/mol. The molecule has 0 aliphatic heterocycles. The van der Waals surface area contributed by atoms with Crippen LogP contribution in [0.3, 0.4) is 0 Å². The molecule has 3 aromatic rings. The average Bonchev–Trinajstić information content (AvgIpc) is 2.99. The monoisotopic (exact) mass is 370 g/mol. The van der Waals surface area contributed by atoms with Gasteiger partial charge in [0.25, 0.3) is 0 Å². The Morgan fingerprint density at radius 1 is 1.17 bits per heavy atom. The van der Waals surface area contributed by atoms with Gasteiger partial charge in [-0.1, -0.05) is 51.4 Å². The number of nitrogens with one attached hydrogen (secondary N) is 1. The lowest BCUT2D eigenvalue weighted by Crippen LogP contribution is -2.15. The van der Waals surface area contributed by atoms with Crippen LogP contribution in [0, 0.1) is 6.92 Å². The Hall–Kier alpha value is -2.40. The number of nitrogens with zero attached hydrogens (tertiary/aromatic N) is 1. The maximum atomic E-state index is 12.2. The Balaban J connectivity index is 1.68. The van der Waals surface area contributed by atoms with Crippen LogP contribution in [0.2, 0.25) is 0 Å². The van der Waals surface area contributed by atoms with Gasteiger partial charge in [-0.15, -0.1) is 0 Å². The van der Waals surface area contributed by atoms with Gasteiger partial charge in [-0.3, -0.25) is 4.79 Å². The van der Waals surface area contributed by atoms with Gasteiger partial charge in [0, 0.05) is 21.8 Å². The fraction of sp³-hybridized carbons (Fsp3) is 0.111. The van der Waals surface area contributed by atoms with Crippen LogP contribution in [0.1, 0.15) is 11.3 Å². The number of anilines is 1.